The molecule has 1 aliphatic heterocycles. The van der Waals surface area contributed by atoms with E-state index in [2.05, 4.69) is 54.0 Å². The van der Waals surface area contributed by atoms with Gasteiger partial charge in [0, 0.05) is 25.0 Å². The molecule has 0 bridgehead atoms. The highest BCUT2D eigenvalue weighted by molar-refractivity contribution is 5.77. The summed E-state index contributed by atoms with van der Waals surface area (Å²) in [6, 6.07) is 11.5. The van der Waals surface area contributed by atoms with Gasteiger partial charge in [-0.1, -0.05) is 48.9 Å². The van der Waals surface area contributed by atoms with Crippen molar-refractivity contribution in [2.24, 2.45) is 5.92 Å². The van der Waals surface area contributed by atoms with Crippen LogP contribution in [0.3, 0.4) is 0 Å². The summed E-state index contributed by atoms with van der Waals surface area (Å²) in [4.78, 5) is 11.4. The zero-order valence-corrected chi connectivity index (χ0v) is 12.6. The summed E-state index contributed by atoms with van der Waals surface area (Å²) in [5, 5.41) is 6.57. The molecule has 1 saturated carbocycles. The average molecular weight is 284 g/mol. The number of nitrogens with one attached hydrogen (secondary N) is 2. The number of amides is 1. The lowest BCUT2D eigenvalue weighted by Crippen LogP contribution is -2.44. The Labute approximate surface area is 126 Å². The summed E-state index contributed by atoms with van der Waals surface area (Å²) in [7, 11) is 0. The van der Waals surface area contributed by atoms with Gasteiger partial charge in [0.1, 0.15) is 0 Å². The van der Waals surface area contributed by atoms with E-state index in [1.807, 2.05) is 0 Å². The maximum atomic E-state index is 11.4. The van der Waals surface area contributed by atoms with E-state index in [1.54, 1.807) is 0 Å². The second-order valence-corrected chi connectivity index (χ2v) is 6.14. The molecule has 0 spiro atoms. The highest BCUT2D eigenvalue weighted by Crippen LogP contribution is 2.40. The number of rotatable bonds is 5. The van der Waals surface area contributed by atoms with Crippen molar-refractivity contribution >= 4 is 12.0 Å². The predicted molar refractivity (Wildman–Crippen MR) is 85.8 cm³/mol. The number of piperidine rings is 1. The van der Waals surface area contributed by atoms with Gasteiger partial charge in [0.2, 0.25) is 5.91 Å². The van der Waals surface area contributed by atoms with Crippen molar-refractivity contribution in [3.63, 3.8) is 0 Å². The van der Waals surface area contributed by atoms with Gasteiger partial charge in [-0.15, -0.1) is 0 Å². The predicted octanol–water partition coefficient (Wildman–Crippen LogP) is 2.74. The van der Waals surface area contributed by atoms with Crippen LogP contribution in [0.15, 0.2) is 35.9 Å². The molecule has 21 heavy (non-hydrogen) atoms. The van der Waals surface area contributed by atoms with Gasteiger partial charge in [-0.3, -0.25) is 4.79 Å². The summed E-state index contributed by atoms with van der Waals surface area (Å²) >= 11 is 0. The third-order valence-electron chi connectivity index (χ3n) is 4.52. The van der Waals surface area contributed by atoms with Gasteiger partial charge >= 0.3 is 0 Å². The van der Waals surface area contributed by atoms with Crippen LogP contribution in [0.4, 0.5) is 0 Å². The van der Waals surface area contributed by atoms with E-state index >= 15 is 0 Å². The number of hydrogen-bond acceptors (Lipinski definition) is 2. The van der Waals surface area contributed by atoms with Gasteiger partial charge < -0.3 is 10.6 Å². The molecule has 1 aromatic carbocycles. The molecule has 2 N–H and O–H groups in total. The first kappa shape index (κ1) is 14.3. The molecule has 1 unspecified atom stereocenters. The number of hydrogen-bond donors (Lipinski definition) is 2. The second-order valence-electron chi connectivity index (χ2n) is 6.14. The van der Waals surface area contributed by atoms with Crippen molar-refractivity contribution in [2.75, 3.05) is 6.54 Å². The largest absolute Gasteiger partial charge is 0.356 e. The Morgan fingerprint density at radius 3 is 2.90 bits per heavy atom. The lowest BCUT2D eigenvalue weighted by molar-refractivity contribution is -0.122. The topological polar surface area (TPSA) is 41.1 Å². The quantitative estimate of drug-likeness (QED) is 0.873. The first-order valence-corrected chi connectivity index (χ1v) is 8.04. The highest BCUT2D eigenvalue weighted by Gasteiger charge is 2.40. The molecule has 2 fully saturated rings. The maximum Gasteiger partial charge on any atom is 0.221 e. The molecule has 1 heterocycles. The summed E-state index contributed by atoms with van der Waals surface area (Å²) in [5.41, 5.74) is 2.82. The van der Waals surface area contributed by atoms with E-state index in [4.69, 9.17) is 0 Å². The molecule has 1 aliphatic carbocycles. The molecular formula is C18H24N2O. The molecule has 0 aromatic heterocycles. The third-order valence-corrected chi connectivity index (χ3v) is 4.52. The Morgan fingerprint density at radius 1 is 1.38 bits per heavy atom. The minimum absolute atomic E-state index is 0.187. The number of carbonyl (C=O) groups is 1. The summed E-state index contributed by atoms with van der Waals surface area (Å²) in [6.45, 7) is 3.05. The van der Waals surface area contributed by atoms with Crippen LogP contribution in [0, 0.1) is 5.92 Å². The van der Waals surface area contributed by atoms with Crippen LogP contribution in [0.2, 0.25) is 0 Å². The van der Waals surface area contributed by atoms with Gasteiger partial charge in [-0.05, 0) is 30.7 Å². The van der Waals surface area contributed by atoms with E-state index in [0.717, 1.165) is 19.4 Å². The van der Waals surface area contributed by atoms with Gasteiger partial charge in [0.15, 0.2) is 0 Å². The van der Waals surface area contributed by atoms with Crippen LogP contribution in [0.1, 0.15) is 38.2 Å². The van der Waals surface area contributed by atoms with Crippen molar-refractivity contribution in [3.8, 4) is 0 Å². The lowest BCUT2D eigenvalue weighted by Gasteiger charge is -2.23. The average Bonchev–Trinajstić information content (AvgIpc) is 3.25. The molecule has 112 valence electrons. The molecule has 3 rings (SSSR count). The minimum Gasteiger partial charge on any atom is -0.356 e. The number of carbonyl (C=O) groups excluding carboxylic acids is 1. The Balaban J connectivity index is 1.58. The molecule has 2 aliphatic rings. The highest BCUT2D eigenvalue weighted by atomic mass is 16.1. The molecule has 1 saturated heterocycles. The first-order chi connectivity index (χ1) is 10.3. The van der Waals surface area contributed by atoms with Gasteiger partial charge in [0.05, 0.1) is 0 Å². The fraction of sp³-hybridized carbons (Fsp3) is 0.500. The van der Waals surface area contributed by atoms with Crippen LogP contribution in [0.25, 0.3) is 6.08 Å². The fourth-order valence-electron chi connectivity index (χ4n) is 3.25. The van der Waals surface area contributed by atoms with E-state index in [0.29, 0.717) is 24.4 Å². The van der Waals surface area contributed by atoms with Crippen LogP contribution in [0.5, 0.6) is 0 Å². The minimum atomic E-state index is 0.187. The number of benzene rings is 1. The van der Waals surface area contributed by atoms with E-state index in [-0.39, 0.29) is 5.91 Å². The Bertz CT molecular complexity index is 523. The van der Waals surface area contributed by atoms with Gasteiger partial charge in [0.25, 0.3) is 0 Å². The van der Waals surface area contributed by atoms with E-state index in [1.165, 1.54) is 17.6 Å². The Kier molecular flexibility index (Phi) is 4.39. The first-order valence-electron chi connectivity index (χ1n) is 8.04. The molecule has 3 atom stereocenters. The van der Waals surface area contributed by atoms with E-state index in [9.17, 15) is 4.79 Å². The van der Waals surface area contributed by atoms with E-state index < -0.39 is 0 Å². The van der Waals surface area contributed by atoms with Crippen LogP contribution in [-0.4, -0.2) is 24.5 Å². The molecule has 3 heteroatoms. The fourth-order valence-corrected chi connectivity index (χ4v) is 3.25. The Hall–Kier alpha value is -1.61. The van der Waals surface area contributed by atoms with Crippen molar-refractivity contribution < 1.29 is 4.79 Å². The molecule has 0 radical (unpaired) electrons. The molecule has 1 aromatic rings. The molecular weight excluding hydrogens is 260 g/mol. The zero-order valence-electron chi connectivity index (χ0n) is 12.6. The third kappa shape index (κ3) is 3.73. The monoisotopic (exact) mass is 284 g/mol. The van der Waals surface area contributed by atoms with Crippen LogP contribution in [-0.2, 0) is 4.79 Å². The SMILES string of the molecule is CC/C(=C\c1ccccc1)[C@@H]1C[C@@H]1NC1CCNC(=O)C1. The molecule has 1 amide bonds. The smallest absolute Gasteiger partial charge is 0.221 e. The molecule has 3 nitrogen and oxygen atoms in total. The summed E-state index contributed by atoms with van der Waals surface area (Å²) in [6.07, 6.45) is 6.33. The van der Waals surface area contributed by atoms with Crippen molar-refractivity contribution in [2.45, 2.75) is 44.7 Å². The van der Waals surface area contributed by atoms with Crippen molar-refractivity contribution in [1.82, 2.24) is 10.6 Å². The van der Waals surface area contributed by atoms with Crippen LogP contribution >= 0.6 is 0 Å². The van der Waals surface area contributed by atoms with Crippen molar-refractivity contribution in [1.29, 1.82) is 0 Å². The summed E-state index contributed by atoms with van der Waals surface area (Å²) in [5.74, 6) is 0.840. The van der Waals surface area contributed by atoms with Gasteiger partial charge in [-0.25, -0.2) is 0 Å². The standard InChI is InChI=1S/C18H24N2O/c1-2-14(10-13-6-4-3-5-7-13)16-12-17(16)20-15-8-9-19-18(21)11-15/h3-7,10,15-17,20H,2,8-9,11-12H2,1H3,(H,19,21)/b14-10+/t15?,16-,17-/m0/s1. The lowest BCUT2D eigenvalue weighted by atomic mass is 10.0. The zero-order chi connectivity index (χ0) is 14.7. The maximum absolute atomic E-state index is 11.4. The second kappa shape index (κ2) is 6.44. The Morgan fingerprint density at radius 2 is 2.19 bits per heavy atom. The summed E-state index contributed by atoms with van der Waals surface area (Å²) < 4.78 is 0. The van der Waals surface area contributed by atoms with Gasteiger partial charge in [-0.2, -0.15) is 0 Å². The normalized spacial score (nSPS) is 29.1. The van der Waals surface area contributed by atoms with Crippen molar-refractivity contribution in [3.05, 3.63) is 41.5 Å². The van der Waals surface area contributed by atoms with Crippen LogP contribution < -0.4 is 10.6 Å².